The van der Waals surface area contributed by atoms with Crippen LogP contribution in [-0.2, 0) is 6.54 Å². The fourth-order valence-electron chi connectivity index (χ4n) is 4.55. The summed E-state index contributed by atoms with van der Waals surface area (Å²) >= 11 is 1.76. The predicted molar refractivity (Wildman–Crippen MR) is 159 cm³/mol. The van der Waals surface area contributed by atoms with Crippen molar-refractivity contribution in [3.05, 3.63) is 65.5 Å². The van der Waals surface area contributed by atoms with Crippen LogP contribution in [0.4, 0.5) is 20.6 Å². The van der Waals surface area contributed by atoms with Crippen molar-refractivity contribution in [3.8, 4) is 5.75 Å². The average Bonchev–Trinajstić information content (AvgIpc) is 3.41. The van der Waals surface area contributed by atoms with E-state index in [1.54, 1.807) is 23.9 Å². The highest BCUT2D eigenvalue weighted by atomic mass is 32.2. The van der Waals surface area contributed by atoms with Crippen molar-refractivity contribution in [2.45, 2.75) is 90.5 Å². The van der Waals surface area contributed by atoms with E-state index in [9.17, 15) is 9.18 Å². The molecule has 2 N–H and O–H groups in total. The number of benzene rings is 2. The lowest BCUT2D eigenvalue weighted by atomic mass is 10.1. The van der Waals surface area contributed by atoms with Crippen molar-refractivity contribution in [3.63, 3.8) is 0 Å². The summed E-state index contributed by atoms with van der Waals surface area (Å²) in [4.78, 5) is 14.9. The van der Waals surface area contributed by atoms with Crippen molar-refractivity contribution < 1.29 is 13.9 Å². The maximum atomic E-state index is 14.5. The summed E-state index contributed by atoms with van der Waals surface area (Å²) in [5, 5.41) is 7.67. The predicted octanol–water partition coefficient (Wildman–Crippen LogP) is 9.53. The summed E-state index contributed by atoms with van der Waals surface area (Å²) in [5.74, 6) is 0.554. The molecule has 0 saturated carbocycles. The number of thioether (sulfide) groups is 1. The number of nitrogens with zero attached hydrogens (tertiary/aromatic N) is 1. The molecule has 2 aromatic rings. The molecule has 7 heteroatoms. The van der Waals surface area contributed by atoms with Crippen LogP contribution in [-0.4, -0.2) is 23.4 Å². The number of hydrogen-bond donors (Lipinski definition) is 2. The molecule has 0 aliphatic carbocycles. The normalized spacial score (nSPS) is 12.6. The second-order valence-corrected chi connectivity index (χ2v) is 10.8. The van der Waals surface area contributed by atoms with E-state index < -0.39 is 11.8 Å². The number of hydrogen-bond acceptors (Lipinski definition) is 4. The van der Waals surface area contributed by atoms with E-state index in [4.69, 9.17) is 4.74 Å². The van der Waals surface area contributed by atoms with Gasteiger partial charge in [-0.15, -0.1) is 11.8 Å². The number of rotatable bonds is 18. The Bertz CT molecular complexity index is 1000. The van der Waals surface area contributed by atoms with Gasteiger partial charge in [-0.3, -0.25) is 0 Å². The molecule has 1 aliphatic heterocycles. The number of para-hydroxylation sites is 1. The molecule has 38 heavy (non-hydrogen) atoms. The third kappa shape index (κ3) is 11.4. The highest BCUT2D eigenvalue weighted by molar-refractivity contribution is 8.02. The van der Waals surface area contributed by atoms with Crippen LogP contribution in [0.3, 0.4) is 0 Å². The molecule has 0 fully saturated rings. The quantitative estimate of drug-likeness (QED) is 0.185. The van der Waals surface area contributed by atoms with Crippen LogP contribution >= 0.6 is 11.8 Å². The van der Waals surface area contributed by atoms with Crippen LogP contribution in [0.25, 0.3) is 0 Å². The van der Waals surface area contributed by atoms with E-state index in [0.717, 1.165) is 30.8 Å². The molecular formula is C31H44FN3O2S. The van der Waals surface area contributed by atoms with Gasteiger partial charge in [0, 0.05) is 18.4 Å². The van der Waals surface area contributed by atoms with E-state index in [1.165, 1.54) is 70.3 Å². The van der Waals surface area contributed by atoms with Crippen LogP contribution in [0.1, 0.15) is 89.5 Å². The monoisotopic (exact) mass is 541 g/mol. The first-order valence-electron chi connectivity index (χ1n) is 14.3. The minimum Gasteiger partial charge on any atom is -0.488 e. The molecule has 0 bridgehead atoms. The molecule has 0 saturated heterocycles. The van der Waals surface area contributed by atoms with Crippen LogP contribution in [0.2, 0.25) is 0 Å². The maximum Gasteiger partial charge on any atom is 0.323 e. The fourth-order valence-corrected chi connectivity index (χ4v) is 5.26. The smallest absolute Gasteiger partial charge is 0.323 e. The van der Waals surface area contributed by atoms with Gasteiger partial charge in [-0.2, -0.15) is 0 Å². The molecule has 0 atom stereocenters. The summed E-state index contributed by atoms with van der Waals surface area (Å²) in [6.45, 7) is 3.47. The van der Waals surface area contributed by atoms with Gasteiger partial charge in [-0.05, 0) is 41.7 Å². The van der Waals surface area contributed by atoms with E-state index in [-0.39, 0.29) is 5.75 Å². The number of amides is 2. The van der Waals surface area contributed by atoms with E-state index in [1.807, 2.05) is 24.3 Å². The lowest BCUT2D eigenvalue weighted by Crippen LogP contribution is -2.20. The standard InChI is InChI=1S/C31H44FN3O2S/c1-2-3-4-5-6-7-8-9-10-11-12-13-21-37-30-28(32)18-15-19-29(30)34-31(36)33-27-17-14-16-26(23-27)24-35-20-22-38-25-35/h14-20,22-23H,2-13,21,24-25H2,1H3,(H2,33,34,36). The van der Waals surface area contributed by atoms with Gasteiger partial charge in [0.1, 0.15) is 0 Å². The SMILES string of the molecule is CCCCCCCCCCCCCCOc1c(F)cccc1NC(=O)Nc1cccc(CN2C=CSC2)c1. The Hall–Kier alpha value is -2.67. The van der Waals surface area contributed by atoms with Gasteiger partial charge in [-0.25, -0.2) is 9.18 Å². The van der Waals surface area contributed by atoms with Gasteiger partial charge in [-0.1, -0.05) is 95.8 Å². The molecule has 1 aliphatic rings. The van der Waals surface area contributed by atoms with Crippen LogP contribution < -0.4 is 15.4 Å². The second kappa shape index (κ2) is 17.8. The highest BCUT2D eigenvalue weighted by Gasteiger charge is 2.13. The largest absolute Gasteiger partial charge is 0.488 e. The zero-order valence-electron chi connectivity index (χ0n) is 22.9. The number of carbonyl (C=O) groups excluding carboxylic acids is 1. The summed E-state index contributed by atoms with van der Waals surface area (Å²) in [5.41, 5.74) is 2.12. The van der Waals surface area contributed by atoms with Gasteiger partial charge in [0.15, 0.2) is 11.6 Å². The number of urea groups is 1. The minimum absolute atomic E-state index is 0.0952. The fraction of sp³-hybridized carbons (Fsp3) is 0.516. The molecule has 0 spiro atoms. The lowest BCUT2D eigenvalue weighted by Gasteiger charge is -2.16. The lowest BCUT2D eigenvalue weighted by molar-refractivity contribution is 0.261. The molecule has 0 aromatic heterocycles. The molecule has 0 unspecified atom stereocenters. The van der Waals surface area contributed by atoms with Crippen LogP contribution in [0.15, 0.2) is 54.1 Å². The van der Waals surface area contributed by atoms with Gasteiger partial charge in [0.05, 0.1) is 18.2 Å². The van der Waals surface area contributed by atoms with Crippen molar-refractivity contribution in [1.82, 2.24) is 4.90 Å². The molecule has 2 amide bonds. The summed E-state index contributed by atoms with van der Waals surface area (Å²) in [7, 11) is 0. The number of halogens is 1. The van der Waals surface area contributed by atoms with E-state index >= 15 is 0 Å². The second-order valence-electron chi connectivity index (χ2n) is 9.96. The Labute approximate surface area is 232 Å². The van der Waals surface area contributed by atoms with Gasteiger partial charge >= 0.3 is 6.03 Å². The number of anilines is 2. The number of ether oxygens (including phenoxy) is 1. The molecule has 3 rings (SSSR count). The van der Waals surface area contributed by atoms with Crippen LogP contribution in [0, 0.1) is 5.82 Å². The summed E-state index contributed by atoms with van der Waals surface area (Å²) in [6, 6.07) is 11.9. The Balaban J connectivity index is 1.35. The van der Waals surface area contributed by atoms with Crippen molar-refractivity contribution in [2.24, 2.45) is 0 Å². The molecule has 2 aromatic carbocycles. The van der Waals surface area contributed by atoms with Gasteiger partial charge < -0.3 is 20.3 Å². The zero-order chi connectivity index (χ0) is 26.8. The van der Waals surface area contributed by atoms with Crippen LogP contribution in [0.5, 0.6) is 5.75 Å². The van der Waals surface area contributed by atoms with Gasteiger partial charge in [0.25, 0.3) is 0 Å². The number of unbranched alkanes of at least 4 members (excludes halogenated alkanes) is 11. The molecule has 0 radical (unpaired) electrons. The molecule has 1 heterocycles. The first-order valence-corrected chi connectivity index (χ1v) is 15.3. The van der Waals surface area contributed by atoms with Crippen molar-refractivity contribution >= 4 is 29.2 Å². The minimum atomic E-state index is -0.472. The van der Waals surface area contributed by atoms with Gasteiger partial charge in [0.2, 0.25) is 0 Å². The Kier molecular flexibility index (Phi) is 14.0. The molecule has 208 valence electrons. The Morgan fingerprint density at radius 3 is 2.29 bits per heavy atom. The number of carbonyl (C=O) groups is 1. The first-order chi connectivity index (χ1) is 18.7. The van der Waals surface area contributed by atoms with Crippen molar-refractivity contribution in [2.75, 3.05) is 23.1 Å². The maximum absolute atomic E-state index is 14.5. The van der Waals surface area contributed by atoms with Crippen molar-refractivity contribution in [1.29, 1.82) is 0 Å². The average molecular weight is 542 g/mol. The van der Waals surface area contributed by atoms with E-state index in [2.05, 4.69) is 34.1 Å². The summed E-state index contributed by atoms with van der Waals surface area (Å²) < 4.78 is 20.3. The number of nitrogens with one attached hydrogen (secondary N) is 2. The molecule has 5 nitrogen and oxygen atoms in total. The Morgan fingerprint density at radius 2 is 1.61 bits per heavy atom. The topological polar surface area (TPSA) is 53.6 Å². The zero-order valence-corrected chi connectivity index (χ0v) is 23.7. The highest BCUT2D eigenvalue weighted by Crippen LogP contribution is 2.28. The summed E-state index contributed by atoms with van der Waals surface area (Å²) in [6.07, 6.45) is 17.2. The third-order valence-electron chi connectivity index (χ3n) is 6.64. The first kappa shape index (κ1) is 29.9. The Morgan fingerprint density at radius 1 is 0.921 bits per heavy atom. The van der Waals surface area contributed by atoms with E-state index in [0.29, 0.717) is 18.0 Å². The molecular weight excluding hydrogens is 497 g/mol. The third-order valence-corrected chi connectivity index (χ3v) is 7.43.